The molecule has 0 radical (unpaired) electrons. The molecule has 186 valence electrons. The minimum Gasteiger partial charge on any atom is -0.329 e. The van der Waals surface area contributed by atoms with Crippen LogP contribution in [-0.2, 0) is 7.05 Å². The van der Waals surface area contributed by atoms with Gasteiger partial charge in [0.15, 0.2) is 11.0 Å². The lowest BCUT2D eigenvalue weighted by Crippen LogP contribution is -2.36. The number of thioether (sulfide) groups is 1. The summed E-state index contributed by atoms with van der Waals surface area (Å²) in [6.45, 7) is 3.97. The van der Waals surface area contributed by atoms with Gasteiger partial charge in [-0.1, -0.05) is 11.8 Å². The molecule has 0 bridgehead atoms. The Morgan fingerprint density at radius 2 is 1.97 bits per heavy atom. The second kappa shape index (κ2) is 9.79. The molecule has 0 saturated carbocycles. The number of aromatic nitrogens is 4. The summed E-state index contributed by atoms with van der Waals surface area (Å²) in [6, 6.07) is 2.83. The lowest BCUT2D eigenvalue weighted by molar-refractivity contribution is 0.225. The van der Waals surface area contributed by atoms with Gasteiger partial charge in [0.1, 0.15) is 17.5 Å². The number of pyridine rings is 1. The summed E-state index contributed by atoms with van der Waals surface area (Å²) in [6.07, 6.45) is 3.33. The van der Waals surface area contributed by atoms with Crippen LogP contribution in [0.2, 0.25) is 0 Å². The van der Waals surface area contributed by atoms with Crippen molar-refractivity contribution in [3.05, 3.63) is 63.3 Å². The first-order chi connectivity index (χ1) is 16.8. The van der Waals surface area contributed by atoms with E-state index in [9.17, 15) is 18.0 Å². The van der Waals surface area contributed by atoms with Gasteiger partial charge < -0.3 is 14.9 Å². The highest BCUT2D eigenvalue weighted by Crippen LogP contribution is 2.42. The van der Waals surface area contributed by atoms with E-state index in [-0.39, 0.29) is 17.2 Å². The third-order valence-corrected chi connectivity index (χ3v) is 8.16. The fraction of sp³-hybridized carbons (Fsp3) is 0.458. The fourth-order valence-electron chi connectivity index (χ4n) is 5.33. The van der Waals surface area contributed by atoms with Gasteiger partial charge in [0.2, 0.25) is 0 Å². The van der Waals surface area contributed by atoms with Gasteiger partial charge >= 0.3 is 0 Å². The third kappa shape index (κ3) is 4.52. The lowest BCUT2D eigenvalue weighted by atomic mass is 9.94. The van der Waals surface area contributed by atoms with E-state index < -0.39 is 23.5 Å². The average Bonchev–Trinajstić information content (AvgIpc) is 3.49. The molecule has 7 nitrogen and oxygen atoms in total. The summed E-state index contributed by atoms with van der Waals surface area (Å²) in [5, 5.41) is 12.7. The Labute approximate surface area is 205 Å². The third-order valence-electron chi connectivity index (χ3n) is 7.05. The Balaban J connectivity index is 1.26. The number of benzene rings is 1. The monoisotopic (exact) mass is 504 g/mol. The molecular weight excluding hydrogens is 477 g/mol. The van der Waals surface area contributed by atoms with Gasteiger partial charge in [-0.15, -0.1) is 10.2 Å². The summed E-state index contributed by atoms with van der Waals surface area (Å²) in [4.78, 5) is 16.7. The molecule has 0 aliphatic carbocycles. The zero-order chi connectivity index (χ0) is 24.7. The molecule has 3 atom stereocenters. The maximum Gasteiger partial charge on any atom is 0.251 e. The summed E-state index contributed by atoms with van der Waals surface area (Å²) in [5.41, 5.74) is 1.11. The predicted molar refractivity (Wildman–Crippen MR) is 128 cm³/mol. The number of hydrogen-bond acceptors (Lipinski definition) is 6. The highest BCUT2D eigenvalue weighted by atomic mass is 32.2. The molecule has 4 heterocycles. The van der Waals surface area contributed by atoms with Crippen molar-refractivity contribution in [2.24, 2.45) is 13.0 Å². The Hall–Kier alpha value is -2.63. The molecule has 1 unspecified atom stereocenters. The van der Waals surface area contributed by atoms with Crippen molar-refractivity contribution in [1.29, 1.82) is 0 Å². The van der Waals surface area contributed by atoms with Crippen molar-refractivity contribution >= 4 is 11.8 Å². The van der Waals surface area contributed by atoms with Gasteiger partial charge in [0, 0.05) is 60.4 Å². The molecule has 2 fully saturated rings. The molecule has 2 N–H and O–H groups in total. The zero-order valence-corrected chi connectivity index (χ0v) is 20.3. The smallest absolute Gasteiger partial charge is 0.251 e. The molecule has 35 heavy (non-hydrogen) atoms. The van der Waals surface area contributed by atoms with E-state index in [0.717, 1.165) is 54.5 Å². The Morgan fingerprint density at radius 1 is 1.20 bits per heavy atom. The number of rotatable bonds is 7. The molecule has 2 aliphatic rings. The number of aromatic amines is 1. The predicted octanol–water partition coefficient (Wildman–Crippen LogP) is 3.41. The first kappa shape index (κ1) is 24.1. The normalized spacial score (nSPS) is 22.1. The maximum atomic E-state index is 14.7. The van der Waals surface area contributed by atoms with Gasteiger partial charge in [-0.2, -0.15) is 0 Å². The topological polar surface area (TPSA) is 78.8 Å². The van der Waals surface area contributed by atoms with Crippen LogP contribution < -0.4 is 10.9 Å². The molecule has 2 saturated heterocycles. The van der Waals surface area contributed by atoms with E-state index >= 15 is 0 Å². The van der Waals surface area contributed by atoms with E-state index in [1.807, 2.05) is 11.6 Å². The largest absolute Gasteiger partial charge is 0.329 e. The molecule has 5 rings (SSSR count). The maximum absolute atomic E-state index is 14.7. The highest BCUT2D eigenvalue weighted by Gasteiger charge is 2.46. The number of fused-ring (bicyclic) bond motifs is 1. The van der Waals surface area contributed by atoms with E-state index in [1.54, 1.807) is 30.9 Å². The summed E-state index contributed by atoms with van der Waals surface area (Å²) >= 11 is 1.55. The molecule has 3 aromatic rings. The number of hydrogen-bond donors (Lipinski definition) is 2. The average molecular weight is 505 g/mol. The molecular formula is C24H27F3N6OS. The minimum atomic E-state index is -0.904. The summed E-state index contributed by atoms with van der Waals surface area (Å²) in [7, 11) is 1.86. The van der Waals surface area contributed by atoms with Crippen LogP contribution in [0.25, 0.3) is 11.4 Å². The standard InChI is InChI=1S/C24H27F3N6OS/c1-13-16(5-7-29-23(13)34)22-30-31-24(32(22)2)35-9-3-8-33-12-14-4-6-28-20(14)21(33)19-17(26)10-15(25)11-18(19)27/h5,7,10-11,14,20-21,28H,3-4,6,8-9,12H2,1-2H3,(H,29,34)/t14-,20-,21?/m0/s1. The van der Waals surface area contributed by atoms with Crippen molar-refractivity contribution < 1.29 is 13.2 Å². The Bertz CT molecular complexity index is 1270. The van der Waals surface area contributed by atoms with Gasteiger partial charge in [0.05, 0.1) is 6.04 Å². The van der Waals surface area contributed by atoms with Crippen LogP contribution in [0.3, 0.4) is 0 Å². The van der Waals surface area contributed by atoms with E-state index in [1.165, 1.54) is 0 Å². The Morgan fingerprint density at radius 3 is 2.74 bits per heavy atom. The molecule has 1 aromatic carbocycles. The number of nitrogens with zero attached hydrogens (tertiary/aromatic N) is 4. The highest BCUT2D eigenvalue weighted by molar-refractivity contribution is 7.99. The second-order valence-corrected chi connectivity index (χ2v) is 10.2. The van der Waals surface area contributed by atoms with Gasteiger partial charge in [0.25, 0.3) is 5.56 Å². The molecule has 2 aliphatic heterocycles. The van der Waals surface area contributed by atoms with Crippen LogP contribution in [0.15, 0.2) is 34.3 Å². The minimum absolute atomic E-state index is 0.0457. The second-order valence-electron chi connectivity index (χ2n) is 9.16. The SMILES string of the molecule is Cc1c(-c2nnc(SCCCN3C[C@@H]4CCN[C@@H]4C3c3c(F)cc(F)cc3F)n2C)cc[nH]c1=O. The van der Waals surface area contributed by atoms with Gasteiger partial charge in [-0.3, -0.25) is 9.69 Å². The quantitative estimate of drug-likeness (QED) is 0.379. The van der Waals surface area contributed by atoms with Crippen LogP contribution in [0.4, 0.5) is 13.2 Å². The van der Waals surface area contributed by atoms with Crippen molar-refractivity contribution in [2.75, 3.05) is 25.4 Å². The summed E-state index contributed by atoms with van der Waals surface area (Å²) < 4.78 is 44.7. The van der Waals surface area contributed by atoms with Crippen molar-refractivity contribution in [3.8, 4) is 11.4 Å². The number of nitrogens with one attached hydrogen (secondary N) is 2. The first-order valence-electron chi connectivity index (χ1n) is 11.7. The number of halogens is 3. The van der Waals surface area contributed by atoms with Gasteiger partial charge in [-0.25, -0.2) is 13.2 Å². The molecule has 0 spiro atoms. The zero-order valence-electron chi connectivity index (χ0n) is 19.5. The van der Waals surface area contributed by atoms with Crippen LogP contribution >= 0.6 is 11.8 Å². The Kier molecular flexibility index (Phi) is 6.73. The van der Waals surface area contributed by atoms with Crippen molar-refractivity contribution in [2.45, 2.75) is 37.0 Å². The van der Waals surface area contributed by atoms with Gasteiger partial charge in [-0.05, 0) is 44.8 Å². The van der Waals surface area contributed by atoms with Crippen molar-refractivity contribution in [1.82, 2.24) is 30.0 Å². The van der Waals surface area contributed by atoms with Crippen LogP contribution in [0, 0.1) is 30.3 Å². The summed E-state index contributed by atoms with van der Waals surface area (Å²) in [5.74, 6) is -0.891. The van der Waals surface area contributed by atoms with Crippen LogP contribution in [0.5, 0.6) is 0 Å². The van der Waals surface area contributed by atoms with Crippen LogP contribution in [0.1, 0.15) is 30.0 Å². The first-order valence-corrected chi connectivity index (χ1v) is 12.7. The molecule has 0 amide bonds. The molecule has 2 aromatic heterocycles. The fourth-order valence-corrected chi connectivity index (χ4v) is 6.17. The van der Waals surface area contributed by atoms with Crippen LogP contribution in [-0.4, -0.2) is 56.1 Å². The van der Waals surface area contributed by atoms with E-state index in [4.69, 9.17) is 0 Å². The lowest BCUT2D eigenvalue weighted by Gasteiger charge is -2.29. The van der Waals surface area contributed by atoms with Crippen molar-refractivity contribution in [3.63, 3.8) is 0 Å². The van der Waals surface area contributed by atoms with E-state index in [0.29, 0.717) is 23.9 Å². The molecule has 11 heteroatoms. The number of likely N-dealkylation sites (tertiary alicyclic amines) is 1. The van der Waals surface area contributed by atoms with E-state index in [2.05, 4.69) is 25.4 Å². The number of H-pyrrole nitrogens is 1.